The maximum atomic E-state index is 11.2. The lowest BCUT2D eigenvalue weighted by Crippen LogP contribution is -2.36. The minimum Gasteiger partial charge on any atom is -0.393 e. The summed E-state index contributed by atoms with van der Waals surface area (Å²) in [5.74, 6) is 0. The van der Waals surface area contributed by atoms with Crippen LogP contribution in [0.5, 0.6) is 0 Å². The normalized spacial score (nSPS) is 25.4. The molecule has 1 fully saturated rings. The first-order valence-corrected chi connectivity index (χ1v) is 8.48. The molecule has 1 atom stereocenters. The topological polar surface area (TPSA) is 92.4 Å². The SMILES string of the molecule is CC(NC1CCC(O)CC1)c1ccc(S(N)(=O)=O)cc1. The van der Waals surface area contributed by atoms with Crippen molar-refractivity contribution in [1.82, 2.24) is 5.32 Å². The zero-order chi connectivity index (χ0) is 14.8. The third-order valence-electron chi connectivity index (χ3n) is 3.89. The van der Waals surface area contributed by atoms with Gasteiger partial charge in [-0.05, 0) is 50.3 Å². The van der Waals surface area contributed by atoms with E-state index >= 15 is 0 Å². The van der Waals surface area contributed by atoms with Gasteiger partial charge in [0.25, 0.3) is 0 Å². The van der Waals surface area contributed by atoms with E-state index in [9.17, 15) is 13.5 Å². The number of benzene rings is 1. The second-order valence-electron chi connectivity index (χ2n) is 5.51. The summed E-state index contributed by atoms with van der Waals surface area (Å²) < 4.78 is 22.4. The standard InChI is InChI=1S/C14H22N2O3S/c1-10(16-12-4-6-13(17)7-5-12)11-2-8-14(9-3-11)20(15,18)19/h2-3,8-10,12-13,16-17H,4-7H2,1H3,(H2,15,18,19). The summed E-state index contributed by atoms with van der Waals surface area (Å²) in [5, 5.41) is 18.1. The Morgan fingerprint density at radius 3 is 2.25 bits per heavy atom. The van der Waals surface area contributed by atoms with Crippen LogP contribution in [0.2, 0.25) is 0 Å². The highest BCUT2D eigenvalue weighted by molar-refractivity contribution is 7.89. The molecule has 0 aromatic heterocycles. The van der Waals surface area contributed by atoms with Crippen LogP contribution in [0.15, 0.2) is 29.2 Å². The van der Waals surface area contributed by atoms with Crippen molar-refractivity contribution >= 4 is 10.0 Å². The molecule has 1 aliphatic rings. The fraction of sp³-hybridized carbons (Fsp3) is 0.571. The summed E-state index contributed by atoms with van der Waals surface area (Å²) in [6, 6.07) is 7.20. The van der Waals surface area contributed by atoms with E-state index in [0.29, 0.717) is 6.04 Å². The number of primary sulfonamides is 1. The largest absolute Gasteiger partial charge is 0.393 e. The lowest BCUT2D eigenvalue weighted by molar-refractivity contribution is 0.114. The number of nitrogens with two attached hydrogens (primary N) is 1. The highest BCUT2D eigenvalue weighted by Gasteiger charge is 2.21. The summed E-state index contributed by atoms with van der Waals surface area (Å²) in [4.78, 5) is 0.134. The Morgan fingerprint density at radius 1 is 1.20 bits per heavy atom. The Hall–Kier alpha value is -0.950. The molecule has 6 heteroatoms. The van der Waals surface area contributed by atoms with Crippen LogP contribution >= 0.6 is 0 Å². The number of aliphatic hydroxyl groups is 1. The Kier molecular flexibility index (Phi) is 4.80. The van der Waals surface area contributed by atoms with Gasteiger partial charge in [0.1, 0.15) is 0 Å². The molecule has 0 bridgehead atoms. The number of hydrogen-bond acceptors (Lipinski definition) is 4. The van der Waals surface area contributed by atoms with Crippen LogP contribution in [0.4, 0.5) is 0 Å². The van der Waals surface area contributed by atoms with Crippen molar-refractivity contribution in [2.24, 2.45) is 5.14 Å². The molecule has 2 rings (SSSR count). The molecule has 0 amide bonds. The summed E-state index contributed by atoms with van der Waals surface area (Å²) in [6.45, 7) is 2.05. The van der Waals surface area contributed by atoms with Gasteiger partial charge in [0.05, 0.1) is 11.0 Å². The van der Waals surface area contributed by atoms with E-state index in [4.69, 9.17) is 5.14 Å². The second-order valence-corrected chi connectivity index (χ2v) is 7.07. The minimum atomic E-state index is -3.63. The van der Waals surface area contributed by atoms with Crippen molar-refractivity contribution in [3.63, 3.8) is 0 Å². The second kappa shape index (κ2) is 6.22. The highest BCUT2D eigenvalue weighted by Crippen LogP contribution is 2.22. The molecule has 112 valence electrons. The monoisotopic (exact) mass is 298 g/mol. The molecule has 1 aromatic rings. The van der Waals surface area contributed by atoms with Crippen molar-refractivity contribution in [3.05, 3.63) is 29.8 Å². The summed E-state index contributed by atoms with van der Waals surface area (Å²) in [5.41, 5.74) is 1.03. The fourth-order valence-electron chi connectivity index (χ4n) is 2.64. The number of nitrogens with one attached hydrogen (secondary N) is 1. The quantitative estimate of drug-likeness (QED) is 0.781. The van der Waals surface area contributed by atoms with Crippen molar-refractivity contribution in [2.45, 2.75) is 55.7 Å². The Bertz CT molecular complexity index is 534. The molecule has 5 nitrogen and oxygen atoms in total. The lowest BCUT2D eigenvalue weighted by atomic mass is 9.92. The molecule has 1 unspecified atom stereocenters. The van der Waals surface area contributed by atoms with Gasteiger partial charge in [0.15, 0.2) is 0 Å². The molecule has 0 saturated heterocycles. The molecule has 0 spiro atoms. The van der Waals surface area contributed by atoms with E-state index in [-0.39, 0.29) is 17.0 Å². The average molecular weight is 298 g/mol. The summed E-state index contributed by atoms with van der Waals surface area (Å²) >= 11 is 0. The van der Waals surface area contributed by atoms with E-state index in [1.54, 1.807) is 12.1 Å². The smallest absolute Gasteiger partial charge is 0.238 e. The van der Waals surface area contributed by atoms with E-state index in [0.717, 1.165) is 31.2 Å². The summed E-state index contributed by atoms with van der Waals surface area (Å²) in [6.07, 6.45) is 3.47. The van der Waals surface area contributed by atoms with Crippen molar-refractivity contribution < 1.29 is 13.5 Å². The van der Waals surface area contributed by atoms with Gasteiger partial charge < -0.3 is 10.4 Å². The number of hydrogen-bond donors (Lipinski definition) is 3. The van der Waals surface area contributed by atoms with E-state index in [2.05, 4.69) is 12.2 Å². The van der Waals surface area contributed by atoms with Crippen LogP contribution in [-0.4, -0.2) is 25.7 Å². The maximum Gasteiger partial charge on any atom is 0.238 e. The van der Waals surface area contributed by atoms with Crippen LogP contribution < -0.4 is 10.5 Å². The number of aliphatic hydroxyl groups excluding tert-OH is 1. The minimum absolute atomic E-state index is 0.134. The fourth-order valence-corrected chi connectivity index (χ4v) is 3.15. The zero-order valence-corrected chi connectivity index (χ0v) is 12.4. The molecule has 4 N–H and O–H groups in total. The van der Waals surface area contributed by atoms with Crippen LogP contribution in [0, 0.1) is 0 Å². The van der Waals surface area contributed by atoms with Crippen LogP contribution in [0.1, 0.15) is 44.2 Å². The lowest BCUT2D eigenvalue weighted by Gasteiger charge is -2.29. The van der Waals surface area contributed by atoms with Crippen molar-refractivity contribution in [1.29, 1.82) is 0 Å². The Morgan fingerprint density at radius 2 is 1.75 bits per heavy atom. The third-order valence-corrected chi connectivity index (χ3v) is 4.82. The van der Waals surface area contributed by atoms with Gasteiger partial charge in [-0.2, -0.15) is 0 Å². The van der Waals surface area contributed by atoms with E-state index < -0.39 is 10.0 Å². The molecule has 0 radical (unpaired) electrons. The molecular weight excluding hydrogens is 276 g/mol. The van der Waals surface area contributed by atoms with Crippen molar-refractivity contribution in [3.8, 4) is 0 Å². The molecular formula is C14H22N2O3S. The Labute approximate surface area is 120 Å². The van der Waals surface area contributed by atoms with Gasteiger partial charge in [0.2, 0.25) is 10.0 Å². The molecule has 0 heterocycles. The third kappa shape index (κ3) is 4.02. The van der Waals surface area contributed by atoms with Gasteiger partial charge in [-0.1, -0.05) is 12.1 Å². The number of rotatable bonds is 4. The molecule has 1 aliphatic carbocycles. The highest BCUT2D eigenvalue weighted by atomic mass is 32.2. The van der Waals surface area contributed by atoms with Gasteiger partial charge in [-0.15, -0.1) is 0 Å². The average Bonchev–Trinajstić information content (AvgIpc) is 2.40. The molecule has 20 heavy (non-hydrogen) atoms. The van der Waals surface area contributed by atoms with Gasteiger partial charge >= 0.3 is 0 Å². The summed E-state index contributed by atoms with van der Waals surface area (Å²) in [7, 11) is -3.63. The van der Waals surface area contributed by atoms with Gasteiger partial charge in [0, 0.05) is 12.1 Å². The van der Waals surface area contributed by atoms with E-state index in [1.807, 2.05) is 0 Å². The van der Waals surface area contributed by atoms with Crippen LogP contribution in [0.25, 0.3) is 0 Å². The first kappa shape index (κ1) is 15.4. The van der Waals surface area contributed by atoms with Crippen molar-refractivity contribution in [2.75, 3.05) is 0 Å². The van der Waals surface area contributed by atoms with E-state index in [1.165, 1.54) is 12.1 Å². The maximum absolute atomic E-state index is 11.2. The molecule has 1 aromatic carbocycles. The predicted molar refractivity (Wildman–Crippen MR) is 77.6 cm³/mol. The molecule has 0 aliphatic heterocycles. The number of sulfonamides is 1. The van der Waals surface area contributed by atoms with Crippen LogP contribution in [0.3, 0.4) is 0 Å². The zero-order valence-electron chi connectivity index (χ0n) is 11.6. The molecule has 1 saturated carbocycles. The van der Waals surface area contributed by atoms with Gasteiger partial charge in [-0.25, -0.2) is 13.6 Å². The first-order valence-electron chi connectivity index (χ1n) is 6.93. The van der Waals surface area contributed by atoms with Gasteiger partial charge in [-0.3, -0.25) is 0 Å². The van der Waals surface area contributed by atoms with Crippen LogP contribution in [-0.2, 0) is 10.0 Å². The predicted octanol–water partition coefficient (Wildman–Crippen LogP) is 1.29. The Balaban J connectivity index is 1.97. The first-order chi connectivity index (χ1) is 9.36.